The predicted octanol–water partition coefficient (Wildman–Crippen LogP) is 3.02. The van der Waals surface area contributed by atoms with Gasteiger partial charge in [0.1, 0.15) is 5.84 Å². The number of nitrogens with two attached hydrogens (primary N) is 1. The smallest absolute Gasteiger partial charge is 0.407 e. The van der Waals surface area contributed by atoms with Gasteiger partial charge in [-0.25, -0.2) is 9.79 Å². The topological polar surface area (TPSA) is 91.0 Å². The van der Waals surface area contributed by atoms with E-state index in [1.165, 1.54) is 4.90 Å². The van der Waals surface area contributed by atoms with Crippen LogP contribution in [0.25, 0.3) is 0 Å². The minimum Gasteiger partial charge on any atom is -0.465 e. The SMILES string of the molecule is N/C(=N\c1cccc(CN(C(=O)O)C2CCNCC2)c1)c1cccs1. The van der Waals surface area contributed by atoms with Crippen molar-refractivity contribution in [2.75, 3.05) is 13.1 Å². The molecular weight excluding hydrogens is 336 g/mol. The van der Waals surface area contributed by atoms with Gasteiger partial charge in [-0.1, -0.05) is 18.2 Å². The second-order valence-corrected chi connectivity index (χ2v) is 6.98. The second kappa shape index (κ2) is 8.13. The molecule has 0 saturated carbocycles. The first kappa shape index (κ1) is 17.4. The molecule has 7 heteroatoms. The summed E-state index contributed by atoms with van der Waals surface area (Å²) in [7, 11) is 0. The number of benzene rings is 1. The number of nitrogens with zero attached hydrogens (tertiary/aromatic N) is 2. The van der Waals surface area contributed by atoms with E-state index in [4.69, 9.17) is 5.73 Å². The van der Waals surface area contributed by atoms with E-state index in [9.17, 15) is 9.90 Å². The van der Waals surface area contributed by atoms with Gasteiger partial charge in [-0.2, -0.15) is 0 Å². The van der Waals surface area contributed by atoms with Crippen molar-refractivity contribution in [2.45, 2.75) is 25.4 Å². The first-order valence-electron chi connectivity index (χ1n) is 8.31. The van der Waals surface area contributed by atoms with E-state index in [1.807, 2.05) is 41.8 Å². The molecule has 0 spiro atoms. The normalized spacial score (nSPS) is 15.9. The first-order chi connectivity index (χ1) is 12.1. The summed E-state index contributed by atoms with van der Waals surface area (Å²) >= 11 is 1.54. The molecule has 132 valence electrons. The molecule has 0 atom stereocenters. The Morgan fingerprint density at radius 1 is 1.32 bits per heavy atom. The van der Waals surface area contributed by atoms with Crippen LogP contribution in [0.5, 0.6) is 0 Å². The summed E-state index contributed by atoms with van der Waals surface area (Å²) in [5, 5.41) is 14.8. The molecule has 1 aliphatic heterocycles. The van der Waals surface area contributed by atoms with Crippen LogP contribution in [0.3, 0.4) is 0 Å². The van der Waals surface area contributed by atoms with Gasteiger partial charge in [0.2, 0.25) is 0 Å². The van der Waals surface area contributed by atoms with Gasteiger partial charge in [-0.3, -0.25) is 0 Å². The fourth-order valence-corrected chi connectivity index (χ4v) is 3.64. The van der Waals surface area contributed by atoms with E-state index in [1.54, 1.807) is 11.3 Å². The third kappa shape index (κ3) is 4.58. The highest BCUT2D eigenvalue weighted by atomic mass is 32.1. The van der Waals surface area contributed by atoms with E-state index < -0.39 is 6.09 Å². The summed E-state index contributed by atoms with van der Waals surface area (Å²) in [4.78, 5) is 18.6. The number of nitrogens with one attached hydrogen (secondary N) is 1. The zero-order valence-corrected chi connectivity index (χ0v) is 14.7. The number of carboxylic acid groups (broad SMARTS) is 1. The van der Waals surface area contributed by atoms with Gasteiger partial charge >= 0.3 is 6.09 Å². The molecule has 0 bridgehead atoms. The lowest BCUT2D eigenvalue weighted by atomic mass is 10.0. The molecule has 1 aromatic heterocycles. The minimum absolute atomic E-state index is 0.0575. The Morgan fingerprint density at radius 3 is 2.80 bits per heavy atom. The molecule has 2 aromatic rings. The number of amides is 1. The molecular formula is C18H22N4O2S. The summed E-state index contributed by atoms with van der Waals surface area (Å²) in [6.07, 6.45) is 0.809. The summed E-state index contributed by atoms with van der Waals surface area (Å²) in [5.74, 6) is 0.473. The molecule has 3 rings (SSSR count). The molecule has 0 aliphatic carbocycles. The predicted molar refractivity (Wildman–Crippen MR) is 101 cm³/mol. The van der Waals surface area contributed by atoms with Crippen molar-refractivity contribution in [1.82, 2.24) is 10.2 Å². The molecule has 4 N–H and O–H groups in total. The Kier molecular flexibility index (Phi) is 5.67. The molecule has 0 unspecified atom stereocenters. The highest BCUT2D eigenvalue weighted by Crippen LogP contribution is 2.20. The highest BCUT2D eigenvalue weighted by molar-refractivity contribution is 7.12. The van der Waals surface area contributed by atoms with E-state index in [2.05, 4.69) is 10.3 Å². The van der Waals surface area contributed by atoms with Gasteiger partial charge in [0.05, 0.1) is 10.6 Å². The Morgan fingerprint density at radius 2 is 2.12 bits per heavy atom. The summed E-state index contributed by atoms with van der Waals surface area (Å²) in [6.45, 7) is 2.08. The summed E-state index contributed by atoms with van der Waals surface area (Å²) in [5.41, 5.74) is 7.69. The summed E-state index contributed by atoms with van der Waals surface area (Å²) in [6, 6.07) is 11.5. The standard InChI is InChI=1S/C18H22N4O2S/c19-17(16-5-2-10-25-16)21-14-4-1-3-13(11-14)12-22(18(23)24)15-6-8-20-9-7-15/h1-5,10-11,15,20H,6-9,12H2,(H2,19,21)(H,23,24). The van der Waals surface area contributed by atoms with Crippen LogP contribution in [-0.2, 0) is 6.54 Å². The lowest BCUT2D eigenvalue weighted by Gasteiger charge is -2.32. The number of hydrogen-bond donors (Lipinski definition) is 3. The molecule has 0 radical (unpaired) electrons. The maximum absolute atomic E-state index is 11.7. The number of amidine groups is 1. The van der Waals surface area contributed by atoms with Crippen LogP contribution in [0.2, 0.25) is 0 Å². The molecule has 1 saturated heterocycles. The van der Waals surface area contributed by atoms with Crippen LogP contribution in [0.1, 0.15) is 23.3 Å². The van der Waals surface area contributed by atoms with Crippen LogP contribution >= 0.6 is 11.3 Å². The van der Waals surface area contributed by atoms with Crippen LogP contribution in [0.4, 0.5) is 10.5 Å². The average molecular weight is 358 g/mol. The van der Waals surface area contributed by atoms with Crippen molar-refractivity contribution >= 4 is 29.0 Å². The van der Waals surface area contributed by atoms with Crippen LogP contribution < -0.4 is 11.1 Å². The molecule has 25 heavy (non-hydrogen) atoms. The highest BCUT2D eigenvalue weighted by Gasteiger charge is 2.25. The van der Waals surface area contributed by atoms with Crippen molar-refractivity contribution in [3.05, 3.63) is 52.2 Å². The van der Waals surface area contributed by atoms with Crippen molar-refractivity contribution in [2.24, 2.45) is 10.7 Å². The van der Waals surface area contributed by atoms with E-state index in [0.717, 1.165) is 42.1 Å². The number of aliphatic imine (C=N–C) groups is 1. The number of carbonyl (C=O) groups is 1. The molecule has 1 aliphatic rings. The quantitative estimate of drug-likeness (QED) is 0.566. The first-order valence-corrected chi connectivity index (χ1v) is 9.18. The van der Waals surface area contributed by atoms with E-state index in [0.29, 0.717) is 12.4 Å². The fraction of sp³-hybridized carbons (Fsp3) is 0.333. The lowest BCUT2D eigenvalue weighted by Crippen LogP contribution is -2.45. The second-order valence-electron chi connectivity index (χ2n) is 6.04. The zero-order valence-electron chi connectivity index (χ0n) is 13.9. The van der Waals surface area contributed by atoms with Gasteiger partial charge in [-0.15, -0.1) is 11.3 Å². The minimum atomic E-state index is -0.876. The van der Waals surface area contributed by atoms with Gasteiger partial charge in [0, 0.05) is 12.6 Å². The maximum Gasteiger partial charge on any atom is 0.407 e. The summed E-state index contributed by atoms with van der Waals surface area (Å²) < 4.78 is 0. The third-order valence-electron chi connectivity index (χ3n) is 4.28. The number of piperidine rings is 1. The number of hydrogen-bond acceptors (Lipinski definition) is 4. The van der Waals surface area contributed by atoms with Gasteiger partial charge < -0.3 is 21.1 Å². The maximum atomic E-state index is 11.7. The molecule has 1 fully saturated rings. The van der Waals surface area contributed by atoms with Crippen molar-refractivity contribution in [3.63, 3.8) is 0 Å². The number of rotatable bonds is 5. The van der Waals surface area contributed by atoms with E-state index >= 15 is 0 Å². The van der Waals surface area contributed by atoms with Crippen LogP contribution in [0, 0.1) is 0 Å². The monoisotopic (exact) mass is 358 g/mol. The van der Waals surface area contributed by atoms with Gasteiger partial charge in [0.25, 0.3) is 0 Å². The van der Waals surface area contributed by atoms with E-state index in [-0.39, 0.29) is 6.04 Å². The molecule has 6 nitrogen and oxygen atoms in total. The van der Waals surface area contributed by atoms with Gasteiger partial charge in [-0.05, 0) is 55.1 Å². The van der Waals surface area contributed by atoms with Crippen molar-refractivity contribution in [3.8, 4) is 0 Å². The molecule has 1 aromatic carbocycles. The Labute approximate surface area is 151 Å². The Balaban J connectivity index is 1.76. The number of thiophene rings is 1. The average Bonchev–Trinajstić information content (AvgIpc) is 3.15. The van der Waals surface area contributed by atoms with Crippen molar-refractivity contribution in [1.29, 1.82) is 0 Å². The fourth-order valence-electron chi connectivity index (χ4n) is 3.01. The lowest BCUT2D eigenvalue weighted by molar-refractivity contribution is 0.109. The largest absolute Gasteiger partial charge is 0.465 e. The Bertz CT molecular complexity index is 739. The van der Waals surface area contributed by atoms with Crippen molar-refractivity contribution < 1.29 is 9.90 Å². The van der Waals surface area contributed by atoms with Crippen LogP contribution in [0.15, 0.2) is 46.8 Å². The third-order valence-corrected chi connectivity index (χ3v) is 5.17. The molecule has 1 amide bonds. The van der Waals surface area contributed by atoms with Gasteiger partial charge in [0.15, 0.2) is 0 Å². The van der Waals surface area contributed by atoms with Crippen LogP contribution in [-0.4, -0.2) is 41.1 Å². The molecule has 2 heterocycles. The zero-order chi connectivity index (χ0) is 17.6. The Hall–Kier alpha value is -2.38.